The van der Waals surface area contributed by atoms with E-state index in [1.165, 1.54) is 124 Å². The molecule has 0 bridgehead atoms. The van der Waals surface area contributed by atoms with Crippen molar-refractivity contribution in [3.05, 3.63) is 234 Å². The summed E-state index contributed by atoms with van der Waals surface area (Å²) in [4.78, 5) is 2.55. The van der Waals surface area contributed by atoms with Gasteiger partial charge in [0.2, 0.25) is 0 Å². The molecular formula is C67H55NO. The van der Waals surface area contributed by atoms with Gasteiger partial charge in [0.15, 0.2) is 0 Å². The zero-order valence-electron chi connectivity index (χ0n) is 39.6. The Balaban J connectivity index is 1.02. The highest BCUT2D eigenvalue weighted by Gasteiger charge is 2.53. The molecule has 2 nitrogen and oxygen atoms in total. The van der Waals surface area contributed by atoms with E-state index in [0.717, 1.165) is 44.4 Å². The van der Waals surface area contributed by atoms with Crippen molar-refractivity contribution < 1.29 is 4.42 Å². The fraction of sp³-hybridized carbons (Fsp3) is 0.194. The third kappa shape index (κ3) is 5.91. The van der Waals surface area contributed by atoms with Crippen molar-refractivity contribution in [1.29, 1.82) is 0 Å². The Kier molecular flexibility index (Phi) is 9.01. The van der Waals surface area contributed by atoms with Gasteiger partial charge in [0.25, 0.3) is 0 Å². The molecular weight excluding hydrogens is 835 g/mol. The molecule has 0 atom stereocenters. The number of fused-ring (bicyclic) bond motifs is 13. The molecule has 334 valence electrons. The van der Waals surface area contributed by atoms with Crippen LogP contribution in [0.3, 0.4) is 0 Å². The highest BCUT2D eigenvalue weighted by Crippen LogP contribution is 2.66. The number of nitrogens with zero attached hydrogens (tertiary/aromatic N) is 1. The van der Waals surface area contributed by atoms with Crippen molar-refractivity contribution in [3.63, 3.8) is 0 Å². The second-order valence-electron chi connectivity index (χ2n) is 21.1. The molecule has 1 aromatic heterocycles. The quantitative estimate of drug-likeness (QED) is 0.159. The fourth-order valence-corrected chi connectivity index (χ4v) is 13.7. The fourth-order valence-electron chi connectivity index (χ4n) is 13.7. The van der Waals surface area contributed by atoms with Crippen LogP contribution in [0, 0.1) is 0 Å². The van der Waals surface area contributed by atoms with Crippen molar-refractivity contribution in [2.24, 2.45) is 0 Å². The van der Waals surface area contributed by atoms with Crippen LogP contribution < -0.4 is 4.90 Å². The van der Waals surface area contributed by atoms with Gasteiger partial charge in [-0.15, -0.1) is 0 Å². The molecule has 10 aromatic rings. The van der Waals surface area contributed by atoms with Crippen LogP contribution >= 0.6 is 0 Å². The molecule has 4 aliphatic rings. The molecule has 2 saturated carbocycles. The summed E-state index contributed by atoms with van der Waals surface area (Å²) in [7, 11) is 0. The van der Waals surface area contributed by atoms with Crippen LogP contribution in [0.4, 0.5) is 17.1 Å². The lowest BCUT2D eigenvalue weighted by Gasteiger charge is -2.34. The standard InChI is InChI=1S/C67H55NO/c1-65(38-12-13-39-65)46-32-36-51-52-37-33-47(66(2)40-14-15-41-66)43-59(52)67(58(51)42-46)56-25-9-6-22-55(56)63-57(67)26-17-28-61(63)68(60-27-10-7-20-49(60)44-18-4-3-5-19-44)48-34-30-45(31-35-48)50-23-16-24-54-53-21-8-11-29-62(53)69-64(50)54/h3-11,16-37,42-43H,12-15,38-41H2,1-2H3. The van der Waals surface area contributed by atoms with Crippen molar-refractivity contribution in [2.45, 2.75) is 81.5 Å². The normalized spacial score (nSPS) is 16.7. The molecule has 2 fully saturated rings. The highest BCUT2D eigenvalue weighted by molar-refractivity contribution is 6.10. The van der Waals surface area contributed by atoms with Gasteiger partial charge in [-0.1, -0.05) is 209 Å². The molecule has 1 heterocycles. The second kappa shape index (κ2) is 15.3. The summed E-state index contributed by atoms with van der Waals surface area (Å²) in [5, 5.41) is 2.29. The number of para-hydroxylation sites is 3. The van der Waals surface area contributed by atoms with Gasteiger partial charge in [-0.05, 0) is 128 Å². The molecule has 14 rings (SSSR count). The molecule has 2 heteroatoms. The largest absolute Gasteiger partial charge is 0.455 e. The van der Waals surface area contributed by atoms with E-state index in [-0.39, 0.29) is 10.8 Å². The van der Waals surface area contributed by atoms with Gasteiger partial charge in [0, 0.05) is 33.2 Å². The van der Waals surface area contributed by atoms with Crippen molar-refractivity contribution in [2.75, 3.05) is 4.90 Å². The number of furan rings is 1. The van der Waals surface area contributed by atoms with Crippen molar-refractivity contribution >= 4 is 39.0 Å². The maximum atomic E-state index is 6.57. The Morgan fingerprint density at radius 2 is 0.928 bits per heavy atom. The summed E-state index contributed by atoms with van der Waals surface area (Å²) < 4.78 is 6.57. The van der Waals surface area contributed by atoms with Crippen LogP contribution in [-0.4, -0.2) is 0 Å². The topological polar surface area (TPSA) is 16.4 Å². The van der Waals surface area contributed by atoms with Crippen LogP contribution in [0.25, 0.3) is 66.4 Å². The molecule has 0 amide bonds. The minimum atomic E-state index is -0.484. The summed E-state index contributed by atoms with van der Waals surface area (Å²) in [5.74, 6) is 0. The first kappa shape index (κ1) is 40.6. The van der Waals surface area contributed by atoms with E-state index in [9.17, 15) is 0 Å². The zero-order valence-corrected chi connectivity index (χ0v) is 39.6. The smallest absolute Gasteiger partial charge is 0.143 e. The van der Waals surface area contributed by atoms with E-state index in [4.69, 9.17) is 4.42 Å². The van der Waals surface area contributed by atoms with Gasteiger partial charge < -0.3 is 9.32 Å². The first-order valence-electron chi connectivity index (χ1n) is 25.4. The molecule has 1 spiro atoms. The summed E-state index contributed by atoms with van der Waals surface area (Å²) in [6.07, 6.45) is 10.2. The van der Waals surface area contributed by atoms with Crippen LogP contribution in [0.5, 0.6) is 0 Å². The van der Waals surface area contributed by atoms with E-state index in [1.807, 2.05) is 6.07 Å². The molecule has 0 radical (unpaired) electrons. The van der Waals surface area contributed by atoms with Gasteiger partial charge in [-0.2, -0.15) is 0 Å². The molecule has 0 saturated heterocycles. The van der Waals surface area contributed by atoms with Crippen LogP contribution in [-0.2, 0) is 16.2 Å². The zero-order chi connectivity index (χ0) is 45.9. The SMILES string of the molecule is CC1(c2ccc3c(c2)C2(c4cc(C5(C)CCCC5)ccc4-3)c3ccccc3-c3c(N(c4ccc(-c5cccc6c5oc5ccccc56)cc4)c4ccccc4-c4ccccc4)cccc32)CCCC1. The highest BCUT2D eigenvalue weighted by atomic mass is 16.3. The number of anilines is 3. The van der Waals surface area contributed by atoms with E-state index in [0.29, 0.717) is 0 Å². The van der Waals surface area contributed by atoms with Crippen LogP contribution in [0.15, 0.2) is 205 Å². The second-order valence-corrected chi connectivity index (χ2v) is 21.1. The molecule has 0 N–H and O–H groups in total. The lowest BCUT2D eigenvalue weighted by atomic mass is 9.68. The first-order valence-corrected chi connectivity index (χ1v) is 25.4. The van der Waals surface area contributed by atoms with E-state index in [1.54, 1.807) is 0 Å². The van der Waals surface area contributed by atoms with Crippen molar-refractivity contribution in [3.8, 4) is 44.5 Å². The van der Waals surface area contributed by atoms with Gasteiger partial charge in [0.1, 0.15) is 11.2 Å². The Hall–Kier alpha value is -7.42. The summed E-state index contributed by atoms with van der Waals surface area (Å²) >= 11 is 0. The monoisotopic (exact) mass is 889 g/mol. The minimum absolute atomic E-state index is 0.177. The summed E-state index contributed by atoms with van der Waals surface area (Å²) in [6, 6.07) is 75.9. The number of hydrogen-bond donors (Lipinski definition) is 0. The van der Waals surface area contributed by atoms with Crippen LogP contribution in [0.2, 0.25) is 0 Å². The van der Waals surface area contributed by atoms with E-state index >= 15 is 0 Å². The Labute approximate surface area is 405 Å². The van der Waals surface area contributed by atoms with Crippen molar-refractivity contribution in [1.82, 2.24) is 0 Å². The number of rotatable bonds is 7. The Morgan fingerprint density at radius 1 is 0.391 bits per heavy atom. The molecule has 4 aliphatic carbocycles. The minimum Gasteiger partial charge on any atom is -0.455 e. The van der Waals surface area contributed by atoms with Gasteiger partial charge >= 0.3 is 0 Å². The predicted molar refractivity (Wildman–Crippen MR) is 287 cm³/mol. The number of benzene rings is 9. The Morgan fingerprint density at radius 3 is 1.64 bits per heavy atom. The predicted octanol–water partition coefficient (Wildman–Crippen LogP) is 18.4. The molecule has 9 aromatic carbocycles. The Bertz CT molecular complexity index is 3580. The van der Waals surface area contributed by atoms with Crippen LogP contribution in [0.1, 0.15) is 98.6 Å². The summed E-state index contributed by atoms with van der Waals surface area (Å²) in [5.41, 5.74) is 23.8. The lowest BCUT2D eigenvalue weighted by molar-refractivity contribution is 0.489. The van der Waals surface area contributed by atoms with Gasteiger partial charge in [-0.3, -0.25) is 0 Å². The molecule has 69 heavy (non-hydrogen) atoms. The molecule has 0 aliphatic heterocycles. The van der Waals surface area contributed by atoms with Gasteiger partial charge in [0.05, 0.1) is 16.8 Å². The average Bonchev–Trinajstić information content (AvgIpc) is 4.25. The van der Waals surface area contributed by atoms with E-state index in [2.05, 4.69) is 213 Å². The summed E-state index contributed by atoms with van der Waals surface area (Å²) in [6.45, 7) is 5.04. The lowest BCUT2D eigenvalue weighted by Crippen LogP contribution is -2.28. The third-order valence-electron chi connectivity index (χ3n) is 17.3. The number of hydrogen-bond acceptors (Lipinski definition) is 2. The van der Waals surface area contributed by atoms with Gasteiger partial charge in [-0.25, -0.2) is 0 Å². The average molecular weight is 890 g/mol. The maximum absolute atomic E-state index is 6.57. The third-order valence-corrected chi connectivity index (χ3v) is 17.3. The maximum Gasteiger partial charge on any atom is 0.143 e. The molecule has 0 unspecified atom stereocenters. The van der Waals surface area contributed by atoms with E-state index < -0.39 is 5.41 Å². The first-order chi connectivity index (χ1) is 33.9.